The van der Waals surface area contributed by atoms with Gasteiger partial charge >= 0.3 is 0 Å². The molecule has 1 aromatic carbocycles. The van der Waals surface area contributed by atoms with Gasteiger partial charge in [0.25, 0.3) is 0 Å². The summed E-state index contributed by atoms with van der Waals surface area (Å²) in [6, 6.07) is 6.29. The Bertz CT molecular complexity index is 288. The maximum Gasteiger partial charge on any atom is 0.115 e. The van der Waals surface area contributed by atoms with Crippen LogP contribution in [0, 0.1) is 0 Å². The van der Waals surface area contributed by atoms with Crippen molar-refractivity contribution < 1.29 is 10.2 Å². The lowest BCUT2D eigenvalue weighted by atomic mass is 9.99. The summed E-state index contributed by atoms with van der Waals surface area (Å²) in [4.78, 5) is 0. The molecule has 0 amide bonds. The lowest BCUT2D eigenvalue weighted by Gasteiger charge is -2.18. The Hall–Kier alpha value is -1.06. The van der Waals surface area contributed by atoms with E-state index in [1.165, 1.54) is 0 Å². The van der Waals surface area contributed by atoms with Crippen molar-refractivity contribution in [2.75, 3.05) is 0 Å². The Labute approximate surface area is 84.2 Å². The number of hydrogen-bond donors (Lipinski definition) is 3. The van der Waals surface area contributed by atoms with Crippen LogP contribution in [0.4, 0.5) is 0 Å². The number of aromatic hydroxyl groups is 1. The molecule has 0 aliphatic carbocycles. The van der Waals surface area contributed by atoms with Crippen molar-refractivity contribution in [2.24, 2.45) is 5.73 Å². The minimum atomic E-state index is -0.540. The van der Waals surface area contributed by atoms with Crippen molar-refractivity contribution in [1.82, 2.24) is 0 Å². The van der Waals surface area contributed by atoms with Crippen LogP contribution in [0.2, 0.25) is 0 Å². The van der Waals surface area contributed by atoms with E-state index in [1.807, 2.05) is 13.0 Å². The van der Waals surface area contributed by atoms with Crippen LogP contribution in [0.3, 0.4) is 0 Å². The number of rotatable bonds is 4. The normalized spacial score (nSPS) is 15.1. The number of aliphatic hydroxyl groups is 1. The third-order valence-corrected chi connectivity index (χ3v) is 2.25. The van der Waals surface area contributed by atoms with Crippen molar-refractivity contribution in [1.29, 1.82) is 0 Å². The van der Waals surface area contributed by atoms with Crippen molar-refractivity contribution in [2.45, 2.75) is 31.9 Å². The molecule has 0 radical (unpaired) electrons. The van der Waals surface area contributed by atoms with Crippen molar-refractivity contribution in [3.05, 3.63) is 29.8 Å². The number of nitrogens with two attached hydrogens (primary N) is 1. The maximum atomic E-state index is 9.66. The minimum absolute atomic E-state index is 0.182. The van der Waals surface area contributed by atoms with Gasteiger partial charge in [-0.1, -0.05) is 25.5 Å². The molecule has 4 N–H and O–H groups in total. The van der Waals surface area contributed by atoms with Gasteiger partial charge in [-0.25, -0.2) is 0 Å². The van der Waals surface area contributed by atoms with Crippen LogP contribution in [0.25, 0.3) is 0 Å². The first-order chi connectivity index (χ1) is 6.65. The Morgan fingerprint density at radius 2 is 2.14 bits per heavy atom. The van der Waals surface area contributed by atoms with Crippen molar-refractivity contribution in [3.63, 3.8) is 0 Å². The second kappa shape index (κ2) is 4.98. The van der Waals surface area contributed by atoms with E-state index in [2.05, 4.69) is 0 Å². The molecule has 0 aromatic heterocycles. The zero-order chi connectivity index (χ0) is 10.6. The zero-order valence-electron chi connectivity index (χ0n) is 8.35. The van der Waals surface area contributed by atoms with E-state index in [-0.39, 0.29) is 5.75 Å². The first-order valence-corrected chi connectivity index (χ1v) is 4.87. The SMILES string of the molecule is CCC[C@H](O)[C@H](N)c1cccc(O)c1. The van der Waals surface area contributed by atoms with Gasteiger partial charge < -0.3 is 15.9 Å². The van der Waals surface area contributed by atoms with E-state index in [1.54, 1.807) is 18.2 Å². The molecule has 14 heavy (non-hydrogen) atoms. The molecule has 0 aliphatic heterocycles. The molecule has 0 heterocycles. The maximum absolute atomic E-state index is 9.66. The fraction of sp³-hybridized carbons (Fsp3) is 0.455. The molecular formula is C11H17NO2. The summed E-state index contributed by atoms with van der Waals surface area (Å²) in [6.45, 7) is 2.00. The summed E-state index contributed by atoms with van der Waals surface area (Å²) < 4.78 is 0. The Balaban J connectivity index is 2.73. The molecular weight excluding hydrogens is 178 g/mol. The topological polar surface area (TPSA) is 66.5 Å². The summed E-state index contributed by atoms with van der Waals surface area (Å²) in [6.07, 6.45) is 1.03. The number of phenolic OH excluding ortho intramolecular Hbond substituents is 1. The molecule has 78 valence electrons. The van der Waals surface area contributed by atoms with E-state index < -0.39 is 12.1 Å². The van der Waals surface area contributed by atoms with Gasteiger partial charge in [-0.2, -0.15) is 0 Å². The lowest BCUT2D eigenvalue weighted by molar-refractivity contribution is 0.134. The predicted octanol–water partition coefficient (Wildman–Crippen LogP) is 1.55. The highest BCUT2D eigenvalue weighted by Gasteiger charge is 2.15. The summed E-state index contributed by atoms with van der Waals surface area (Å²) in [7, 11) is 0. The second-order valence-electron chi connectivity index (χ2n) is 3.48. The fourth-order valence-electron chi connectivity index (χ4n) is 1.43. The Morgan fingerprint density at radius 3 is 2.71 bits per heavy atom. The molecule has 2 atom stereocenters. The molecule has 1 rings (SSSR count). The van der Waals surface area contributed by atoms with Gasteiger partial charge in [0.2, 0.25) is 0 Å². The van der Waals surface area contributed by atoms with Gasteiger partial charge in [0, 0.05) is 0 Å². The van der Waals surface area contributed by atoms with Gasteiger partial charge in [-0.05, 0) is 24.1 Å². The molecule has 3 heteroatoms. The van der Waals surface area contributed by atoms with Crippen molar-refractivity contribution in [3.8, 4) is 5.75 Å². The van der Waals surface area contributed by atoms with Crippen LogP contribution < -0.4 is 5.73 Å². The van der Waals surface area contributed by atoms with E-state index in [0.29, 0.717) is 6.42 Å². The van der Waals surface area contributed by atoms with Gasteiger partial charge in [-0.3, -0.25) is 0 Å². The number of phenols is 1. The van der Waals surface area contributed by atoms with E-state index >= 15 is 0 Å². The predicted molar refractivity (Wildman–Crippen MR) is 56.0 cm³/mol. The lowest BCUT2D eigenvalue weighted by Crippen LogP contribution is -2.25. The summed E-state index contributed by atoms with van der Waals surface area (Å²) >= 11 is 0. The fourth-order valence-corrected chi connectivity index (χ4v) is 1.43. The van der Waals surface area contributed by atoms with Crippen LogP contribution in [0.15, 0.2) is 24.3 Å². The molecule has 1 aromatic rings. The average Bonchev–Trinajstić information content (AvgIpc) is 2.17. The minimum Gasteiger partial charge on any atom is -0.508 e. The Kier molecular flexibility index (Phi) is 3.92. The number of aliphatic hydroxyl groups excluding tert-OH is 1. The molecule has 0 saturated heterocycles. The van der Waals surface area contributed by atoms with Crippen molar-refractivity contribution >= 4 is 0 Å². The molecule has 0 saturated carbocycles. The average molecular weight is 195 g/mol. The largest absolute Gasteiger partial charge is 0.508 e. The number of hydrogen-bond acceptors (Lipinski definition) is 3. The first-order valence-electron chi connectivity index (χ1n) is 4.87. The van der Waals surface area contributed by atoms with E-state index in [4.69, 9.17) is 5.73 Å². The van der Waals surface area contributed by atoms with Crippen LogP contribution in [0.5, 0.6) is 5.75 Å². The summed E-state index contributed by atoms with van der Waals surface area (Å²) in [5, 5.41) is 18.9. The van der Waals surface area contributed by atoms with Crippen LogP contribution in [-0.4, -0.2) is 16.3 Å². The Morgan fingerprint density at radius 1 is 1.43 bits per heavy atom. The highest BCUT2D eigenvalue weighted by atomic mass is 16.3. The number of benzene rings is 1. The van der Waals surface area contributed by atoms with Gasteiger partial charge in [0.15, 0.2) is 0 Å². The van der Waals surface area contributed by atoms with Crippen LogP contribution >= 0.6 is 0 Å². The molecule has 3 nitrogen and oxygen atoms in total. The van der Waals surface area contributed by atoms with Gasteiger partial charge in [0.05, 0.1) is 12.1 Å². The molecule has 0 fully saturated rings. The summed E-state index contributed by atoms with van der Waals surface area (Å²) in [5.74, 6) is 0.182. The first kappa shape index (κ1) is 11.0. The monoisotopic (exact) mass is 195 g/mol. The highest BCUT2D eigenvalue weighted by Crippen LogP contribution is 2.20. The summed E-state index contributed by atoms with van der Waals surface area (Å²) in [5.41, 5.74) is 6.60. The molecule has 0 aliphatic rings. The smallest absolute Gasteiger partial charge is 0.115 e. The quantitative estimate of drug-likeness (QED) is 0.683. The second-order valence-corrected chi connectivity index (χ2v) is 3.48. The van der Waals surface area contributed by atoms with E-state index in [9.17, 15) is 10.2 Å². The van der Waals surface area contributed by atoms with Crippen LogP contribution in [0.1, 0.15) is 31.4 Å². The molecule has 0 unspecified atom stereocenters. The van der Waals surface area contributed by atoms with Gasteiger partial charge in [-0.15, -0.1) is 0 Å². The molecule has 0 bridgehead atoms. The zero-order valence-corrected chi connectivity index (χ0v) is 8.35. The standard InChI is InChI=1S/C11H17NO2/c1-2-4-10(14)11(12)8-5-3-6-9(13)7-8/h3,5-7,10-11,13-14H,2,4,12H2,1H3/t10-,11+/m0/s1. The molecule has 0 spiro atoms. The highest BCUT2D eigenvalue weighted by molar-refractivity contribution is 5.29. The van der Waals surface area contributed by atoms with Crippen LogP contribution in [-0.2, 0) is 0 Å². The third-order valence-electron chi connectivity index (χ3n) is 2.25. The van der Waals surface area contributed by atoms with Gasteiger partial charge in [0.1, 0.15) is 5.75 Å². The third kappa shape index (κ3) is 2.72. The van der Waals surface area contributed by atoms with E-state index in [0.717, 1.165) is 12.0 Å².